The summed E-state index contributed by atoms with van der Waals surface area (Å²) in [5, 5.41) is 8.83. The fourth-order valence-electron chi connectivity index (χ4n) is 1.37. The summed E-state index contributed by atoms with van der Waals surface area (Å²) in [7, 11) is 0. The van der Waals surface area contributed by atoms with Crippen LogP contribution in [0.3, 0.4) is 0 Å². The predicted octanol–water partition coefficient (Wildman–Crippen LogP) is -0.101. The van der Waals surface area contributed by atoms with Crippen molar-refractivity contribution in [3.63, 3.8) is 0 Å². The first kappa shape index (κ1) is 8.52. The van der Waals surface area contributed by atoms with Gasteiger partial charge in [-0.05, 0) is 0 Å². The number of carbonyl (C=O) groups excluding carboxylic acids is 1. The molecule has 0 spiro atoms. The van der Waals surface area contributed by atoms with Crippen molar-refractivity contribution in [3.05, 3.63) is 11.5 Å². The van der Waals surface area contributed by atoms with Crippen molar-refractivity contribution in [1.82, 2.24) is 0 Å². The molecule has 0 saturated carbocycles. The van der Waals surface area contributed by atoms with Crippen LogP contribution in [-0.2, 0) is 19.0 Å². The third kappa shape index (κ3) is 1.20. The molecule has 13 heavy (non-hydrogen) atoms. The molecular formula is C8H10O5. The van der Waals surface area contributed by atoms with E-state index >= 15 is 0 Å². The molecule has 0 radical (unpaired) electrons. The fraction of sp³-hybridized carbons (Fsp3) is 0.625. The molecule has 2 rings (SSSR count). The molecule has 1 saturated heterocycles. The summed E-state index contributed by atoms with van der Waals surface area (Å²) < 4.78 is 15.3. The summed E-state index contributed by atoms with van der Waals surface area (Å²) in [4.78, 5) is 11.1. The Hall–Kier alpha value is -1.07. The molecule has 1 unspecified atom stereocenters. The minimum atomic E-state index is -0.820. The SMILES string of the molecule is CC1(C)OC2=C(CO)OC(=O)C2O1. The van der Waals surface area contributed by atoms with Gasteiger partial charge in [0, 0.05) is 13.8 Å². The lowest BCUT2D eigenvalue weighted by molar-refractivity contribution is -0.168. The lowest BCUT2D eigenvalue weighted by atomic mass is 10.3. The average molecular weight is 186 g/mol. The van der Waals surface area contributed by atoms with Gasteiger partial charge in [-0.3, -0.25) is 0 Å². The maximum Gasteiger partial charge on any atom is 0.348 e. The number of hydrogen-bond donors (Lipinski definition) is 1. The topological polar surface area (TPSA) is 65.0 Å². The molecule has 1 fully saturated rings. The molecule has 2 aliphatic rings. The zero-order chi connectivity index (χ0) is 9.64. The lowest BCUT2D eigenvalue weighted by Crippen LogP contribution is -2.25. The van der Waals surface area contributed by atoms with E-state index in [1.807, 2.05) is 0 Å². The van der Waals surface area contributed by atoms with Gasteiger partial charge < -0.3 is 19.3 Å². The van der Waals surface area contributed by atoms with Crippen molar-refractivity contribution >= 4 is 5.97 Å². The first-order chi connectivity index (χ1) is 6.03. The zero-order valence-corrected chi connectivity index (χ0v) is 7.36. The molecular weight excluding hydrogens is 176 g/mol. The number of esters is 1. The number of aliphatic hydroxyl groups excluding tert-OH is 1. The van der Waals surface area contributed by atoms with Gasteiger partial charge in [0.05, 0.1) is 0 Å². The number of aliphatic hydroxyl groups is 1. The van der Waals surface area contributed by atoms with Crippen LogP contribution < -0.4 is 0 Å². The van der Waals surface area contributed by atoms with Crippen molar-refractivity contribution in [2.45, 2.75) is 25.7 Å². The van der Waals surface area contributed by atoms with E-state index in [0.29, 0.717) is 5.76 Å². The molecule has 0 bridgehead atoms. The van der Waals surface area contributed by atoms with Crippen molar-refractivity contribution in [2.24, 2.45) is 0 Å². The molecule has 0 amide bonds. The van der Waals surface area contributed by atoms with Crippen LogP contribution in [0.4, 0.5) is 0 Å². The summed E-state index contributed by atoms with van der Waals surface area (Å²) >= 11 is 0. The van der Waals surface area contributed by atoms with Gasteiger partial charge >= 0.3 is 5.97 Å². The second-order valence-corrected chi connectivity index (χ2v) is 3.37. The van der Waals surface area contributed by atoms with E-state index in [0.717, 1.165) is 0 Å². The van der Waals surface area contributed by atoms with Gasteiger partial charge in [0.25, 0.3) is 0 Å². The highest BCUT2D eigenvalue weighted by molar-refractivity contribution is 5.82. The summed E-state index contributed by atoms with van der Waals surface area (Å²) in [6, 6.07) is 0. The number of ether oxygens (including phenoxy) is 3. The van der Waals surface area contributed by atoms with Gasteiger partial charge in [-0.15, -0.1) is 0 Å². The van der Waals surface area contributed by atoms with Gasteiger partial charge in [-0.1, -0.05) is 0 Å². The molecule has 1 atom stereocenters. The molecule has 0 aromatic heterocycles. The van der Waals surface area contributed by atoms with Crippen LogP contribution in [0.2, 0.25) is 0 Å². The number of hydrogen-bond acceptors (Lipinski definition) is 5. The molecule has 2 heterocycles. The van der Waals surface area contributed by atoms with Crippen LogP contribution in [0, 0.1) is 0 Å². The first-order valence-electron chi connectivity index (χ1n) is 3.96. The lowest BCUT2D eigenvalue weighted by Gasteiger charge is -2.17. The highest BCUT2D eigenvalue weighted by Gasteiger charge is 2.49. The van der Waals surface area contributed by atoms with Gasteiger partial charge in [0.2, 0.25) is 11.9 Å². The molecule has 1 N–H and O–H groups in total. The van der Waals surface area contributed by atoms with E-state index in [-0.39, 0.29) is 12.4 Å². The van der Waals surface area contributed by atoms with Crippen LogP contribution in [-0.4, -0.2) is 29.6 Å². The summed E-state index contributed by atoms with van der Waals surface area (Å²) in [6.07, 6.45) is -0.794. The third-order valence-corrected chi connectivity index (χ3v) is 1.85. The van der Waals surface area contributed by atoms with E-state index in [9.17, 15) is 4.79 Å². The summed E-state index contributed by atoms with van der Waals surface area (Å²) in [5.41, 5.74) is 0. The Bertz CT molecular complexity index is 291. The standard InChI is InChI=1S/C8H10O5/c1-8(2)12-5-4(3-9)11-7(10)6(5)13-8/h6,9H,3H2,1-2H3. The second kappa shape index (κ2) is 2.46. The van der Waals surface area contributed by atoms with E-state index < -0.39 is 17.9 Å². The number of carbonyl (C=O) groups is 1. The largest absolute Gasteiger partial charge is 0.460 e. The van der Waals surface area contributed by atoms with Crippen LogP contribution in [0.1, 0.15) is 13.8 Å². The Labute approximate surface area is 74.9 Å². The zero-order valence-electron chi connectivity index (χ0n) is 7.36. The maximum absolute atomic E-state index is 11.1. The van der Waals surface area contributed by atoms with Gasteiger partial charge in [0.1, 0.15) is 6.61 Å². The minimum Gasteiger partial charge on any atom is -0.460 e. The summed E-state index contributed by atoms with van der Waals surface area (Å²) in [5.74, 6) is -0.887. The van der Waals surface area contributed by atoms with Gasteiger partial charge in [-0.2, -0.15) is 0 Å². The van der Waals surface area contributed by atoms with Crippen LogP contribution in [0.15, 0.2) is 11.5 Å². The monoisotopic (exact) mass is 186 g/mol. The van der Waals surface area contributed by atoms with Crippen LogP contribution in [0.5, 0.6) is 0 Å². The average Bonchev–Trinajstić information content (AvgIpc) is 2.47. The normalized spacial score (nSPS) is 30.1. The molecule has 0 aromatic carbocycles. The van der Waals surface area contributed by atoms with Gasteiger partial charge in [0.15, 0.2) is 11.5 Å². The van der Waals surface area contributed by atoms with E-state index in [1.165, 1.54) is 0 Å². The molecule has 5 heteroatoms. The fourth-order valence-corrected chi connectivity index (χ4v) is 1.37. The Morgan fingerprint density at radius 2 is 2.23 bits per heavy atom. The molecule has 0 aliphatic carbocycles. The quantitative estimate of drug-likeness (QED) is 0.579. The van der Waals surface area contributed by atoms with Crippen LogP contribution >= 0.6 is 0 Å². The number of fused-ring (bicyclic) bond motifs is 1. The maximum atomic E-state index is 11.1. The van der Waals surface area contributed by atoms with Gasteiger partial charge in [-0.25, -0.2) is 4.79 Å². The van der Waals surface area contributed by atoms with Crippen molar-refractivity contribution in [2.75, 3.05) is 6.61 Å². The Morgan fingerprint density at radius 3 is 2.85 bits per heavy atom. The molecule has 2 aliphatic heterocycles. The predicted molar refractivity (Wildman–Crippen MR) is 40.2 cm³/mol. The Balaban J connectivity index is 2.33. The van der Waals surface area contributed by atoms with E-state index in [2.05, 4.69) is 0 Å². The summed E-state index contributed by atoms with van der Waals surface area (Å²) in [6.45, 7) is 3.04. The van der Waals surface area contributed by atoms with Crippen molar-refractivity contribution in [3.8, 4) is 0 Å². The van der Waals surface area contributed by atoms with E-state index in [1.54, 1.807) is 13.8 Å². The number of rotatable bonds is 1. The van der Waals surface area contributed by atoms with E-state index in [4.69, 9.17) is 19.3 Å². The Morgan fingerprint density at radius 1 is 1.54 bits per heavy atom. The molecule has 0 aromatic rings. The van der Waals surface area contributed by atoms with Crippen molar-refractivity contribution < 1.29 is 24.1 Å². The first-order valence-corrected chi connectivity index (χ1v) is 3.96. The number of cyclic esters (lactones) is 1. The third-order valence-electron chi connectivity index (χ3n) is 1.85. The smallest absolute Gasteiger partial charge is 0.348 e. The Kier molecular flexibility index (Phi) is 1.61. The minimum absolute atomic E-state index is 0.153. The molecule has 5 nitrogen and oxygen atoms in total. The second-order valence-electron chi connectivity index (χ2n) is 3.37. The van der Waals surface area contributed by atoms with Crippen LogP contribution in [0.25, 0.3) is 0 Å². The van der Waals surface area contributed by atoms with Crippen molar-refractivity contribution in [1.29, 1.82) is 0 Å². The highest BCUT2D eigenvalue weighted by Crippen LogP contribution is 2.37. The molecule has 72 valence electrons. The highest BCUT2D eigenvalue weighted by atomic mass is 16.8.